The molecule has 1 saturated carbocycles. The molecule has 2 rings (SSSR count). The Morgan fingerprint density at radius 1 is 1.47 bits per heavy atom. The molecule has 106 valence electrons. The van der Waals surface area contributed by atoms with E-state index in [9.17, 15) is 4.79 Å². The number of rotatable bonds is 4. The molecule has 1 fully saturated rings. The molecule has 5 heteroatoms. The Labute approximate surface area is 113 Å². The molecule has 1 aromatic rings. The van der Waals surface area contributed by atoms with Gasteiger partial charge in [0.15, 0.2) is 5.82 Å². The summed E-state index contributed by atoms with van der Waals surface area (Å²) in [5, 5.41) is 3.89. The van der Waals surface area contributed by atoms with E-state index in [0.29, 0.717) is 24.3 Å². The molecule has 0 bridgehead atoms. The maximum absolute atomic E-state index is 11.5. The van der Waals surface area contributed by atoms with Gasteiger partial charge in [0, 0.05) is 6.42 Å². The molecule has 0 spiro atoms. The lowest BCUT2D eigenvalue weighted by Gasteiger charge is -2.30. The van der Waals surface area contributed by atoms with E-state index >= 15 is 0 Å². The molecule has 0 aromatic carbocycles. The van der Waals surface area contributed by atoms with Gasteiger partial charge >= 0.3 is 11.9 Å². The molecule has 0 radical (unpaired) electrons. The van der Waals surface area contributed by atoms with Crippen LogP contribution < -0.4 is 0 Å². The van der Waals surface area contributed by atoms with E-state index < -0.39 is 5.97 Å². The zero-order chi connectivity index (χ0) is 14.0. The number of carbonyl (C=O) groups is 1. The number of aromatic nitrogens is 2. The van der Waals surface area contributed by atoms with Crippen molar-refractivity contribution in [2.45, 2.75) is 47.0 Å². The van der Waals surface area contributed by atoms with Gasteiger partial charge in [0.25, 0.3) is 0 Å². The van der Waals surface area contributed by atoms with Crippen molar-refractivity contribution in [3.05, 3.63) is 11.7 Å². The fraction of sp³-hybridized carbons (Fsp3) is 0.786. The van der Waals surface area contributed by atoms with Crippen molar-refractivity contribution in [2.24, 2.45) is 17.3 Å². The average molecular weight is 266 g/mol. The minimum Gasteiger partial charge on any atom is -0.459 e. The second-order valence-electron chi connectivity index (χ2n) is 5.94. The fourth-order valence-corrected chi connectivity index (χ4v) is 2.80. The lowest BCUT2D eigenvalue weighted by atomic mass is 9.75. The summed E-state index contributed by atoms with van der Waals surface area (Å²) < 4.78 is 9.78. The lowest BCUT2D eigenvalue weighted by molar-refractivity contribution is 0.0470. The standard InChI is InChI=1S/C14H22N2O3/c1-5-18-13(17)12-15-11(16-19-12)8-10-7-6-9(2)14(10,3)4/h9-10H,5-8H2,1-4H3/t9-,10+/m1/s1. The van der Waals surface area contributed by atoms with Crippen molar-refractivity contribution in [1.29, 1.82) is 0 Å². The number of ether oxygens (including phenoxy) is 1. The van der Waals surface area contributed by atoms with E-state index in [2.05, 4.69) is 30.9 Å². The average Bonchev–Trinajstić information content (AvgIpc) is 2.90. The summed E-state index contributed by atoms with van der Waals surface area (Å²) >= 11 is 0. The molecule has 0 N–H and O–H groups in total. The largest absolute Gasteiger partial charge is 0.459 e. The van der Waals surface area contributed by atoms with Crippen molar-refractivity contribution in [3.8, 4) is 0 Å². The van der Waals surface area contributed by atoms with Crippen LogP contribution in [-0.4, -0.2) is 22.7 Å². The van der Waals surface area contributed by atoms with Gasteiger partial charge in [-0.05, 0) is 37.0 Å². The summed E-state index contributed by atoms with van der Waals surface area (Å²) in [6, 6.07) is 0. The van der Waals surface area contributed by atoms with Crippen LogP contribution in [0.15, 0.2) is 4.52 Å². The van der Waals surface area contributed by atoms with Crippen LogP contribution in [0.25, 0.3) is 0 Å². The van der Waals surface area contributed by atoms with Crippen LogP contribution in [0.3, 0.4) is 0 Å². The highest BCUT2D eigenvalue weighted by atomic mass is 16.6. The van der Waals surface area contributed by atoms with E-state index in [4.69, 9.17) is 9.26 Å². The highest BCUT2D eigenvalue weighted by Gasteiger charge is 2.40. The number of hydrogen-bond donors (Lipinski definition) is 0. The summed E-state index contributed by atoms with van der Waals surface area (Å²) in [7, 11) is 0. The topological polar surface area (TPSA) is 65.2 Å². The SMILES string of the molecule is CCOC(=O)c1nc(C[C@@H]2CC[C@@H](C)C2(C)C)no1. The molecule has 5 nitrogen and oxygen atoms in total. The first kappa shape index (κ1) is 14.0. The van der Waals surface area contributed by atoms with E-state index in [-0.39, 0.29) is 11.3 Å². The van der Waals surface area contributed by atoms with Crippen LogP contribution in [0.2, 0.25) is 0 Å². The predicted octanol–water partition coefficient (Wildman–Crippen LogP) is 2.86. The number of esters is 1. The molecule has 0 saturated heterocycles. The lowest BCUT2D eigenvalue weighted by Crippen LogP contribution is -2.25. The van der Waals surface area contributed by atoms with Gasteiger partial charge in [-0.3, -0.25) is 0 Å². The summed E-state index contributed by atoms with van der Waals surface area (Å²) in [5.41, 5.74) is 0.282. The Kier molecular flexibility index (Phi) is 3.92. The maximum atomic E-state index is 11.5. The summed E-state index contributed by atoms with van der Waals surface area (Å²) in [5.74, 6) is 1.26. The second-order valence-corrected chi connectivity index (χ2v) is 5.94. The Bertz CT molecular complexity index is 453. The van der Waals surface area contributed by atoms with Crippen LogP contribution in [0.5, 0.6) is 0 Å². The molecule has 1 aliphatic carbocycles. The Morgan fingerprint density at radius 3 is 2.79 bits per heavy atom. The highest BCUT2D eigenvalue weighted by molar-refractivity contribution is 5.83. The van der Waals surface area contributed by atoms with Crippen LogP contribution in [0.1, 0.15) is 57.0 Å². The summed E-state index contributed by atoms with van der Waals surface area (Å²) in [4.78, 5) is 15.6. The number of hydrogen-bond acceptors (Lipinski definition) is 5. The van der Waals surface area contributed by atoms with Crippen molar-refractivity contribution in [1.82, 2.24) is 10.1 Å². The van der Waals surface area contributed by atoms with Crippen LogP contribution in [0, 0.1) is 17.3 Å². The first-order valence-electron chi connectivity index (χ1n) is 6.94. The highest BCUT2D eigenvalue weighted by Crippen LogP contribution is 2.48. The normalized spacial score (nSPS) is 25.5. The summed E-state index contributed by atoms with van der Waals surface area (Å²) in [6.45, 7) is 8.94. The Balaban J connectivity index is 2.03. The molecular weight excluding hydrogens is 244 g/mol. The van der Waals surface area contributed by atoms with Gasteiger partial charge in [-0.2, -0.15) is 4.98 Å². The van der Waals surface area contributed by atoms with Gasteiger partial charge in [-0.15, -0.1) is 0 Å². The third-order valence-corrected chi connectivity index (χ3v) is 4.62. The minimum absolute atomic E-state index is 0.0410. The first-order valence-corrected chi connectivity index (χ1v) is 6.94. The van der Waals surface area contributed by atoms with Crippen molar-refractivity contribution < 1.29 is 14.1 Å². The minimum atomic E-state index is -0.541. The molecule has 19 heavy (non-hydrogen) atoms. The van der Waals surface area contributed by atoms with Crippen LogP contribution in [0.4, 0.5) is 0 Å². The van der Waals surface area contributed by atoms with Gasteiger partial charge in [-0.1, -0.05) is 25.9 Å². The number of carbonyl (C=O) groups excluding carboxylic acids is 1. The van der Waals surface area contributed by atoms with Gasteiger partial charge < -0.3 is 9.26 Å². The second kappa shape index (κ2) is 5.31. The Morgan fingerprint density at radius 2 is 2.21 bits per heavy atom. The predicted molar refractivity (Wildman–Crippen MR) is 69.6 cm³/mol. The molecule has 1 heterocycles. The first-order chi connectivity index (χ1) is 8.95. The number of nitrogens with zero attached hydrogens (tertiary/aromatic N) is 2. The quantitative estimate of drug-likeness (QED) is 0.784. The van der Waals surface area contributed by atoms with E-state index in [1.165, 1.54) is 12.8 Å². The molecule has 0 aliphatic heterocycles. The van der Waals surface area contributed by atoms with Crippen molar-refractivity contribution in [3.63, 3.8) is 0 Å². The molecule has 0 amide bonds. The smallest absolute Gasteiger partial charge is 0.397 e. The van der Waals surface area contributed by atoms with Crippen molar-refractivity contribution >= 4 is 5.97 Å². The zero-order valence-electron chi connectivity index (χ0n) is 12.1. The van der Waals surface area contributed by atoms with Crippen LogP contribution >= 0.6 is 0 Å². The fourth-order valence-electron chi connectivity index (χ4n) is 2.80. The molecule has 1 aliphatic rings. The molecule has 1 aromatic heterocycles. The molecular formula is C14H22N2O3. The molecule has 2 atom stereocenters. The van der Waals surface area contributed by atoms with Gasteiger partial charge in [0.05, 0.1) is 6.61 Å². The Hall–Kier alpha value is -1.39. The van der Waals surface area contributed by atoms with Crippen molar-refractivity contribution in [2.75, 3.05) is 6.61 Å². The molecule has 0 unspecified atom stereocenters. The van der Waals surface area contributed by atoms with E-state index in [1.54, 1.807) is 6.92 Å². The van der Waals surface area contributed by atoms with Crippen LogP contribution in [-0.2, 0) is 11.2 Å². The third kappa shape index (κ3) is 2.80. The zero-order valence-corrected chi connectivity index (χ0v) is 12.1. The van der Waals surface area contributed by atoms with E-state index in [0.717, 1.165) is 6.42 Å². The van der Waals surface area contributed by atoms with Gasteiger partial charge in [0.1, 0.15) is 0 Å². The third-order valence-electron chi connectivity index (χ3n) is 4.62. The monoisotopic (exact) mass is 266 g/mol. The summed E-state index contributed by atoms with van der Waals surface area (Å²) in [6.07, 6.45) is 3.18. The maximum Gasteiger partial charge on any atom is 0.397 e. The van der Waals surface area contributed by atoms with E-state index in [1.807, 2.05) is 0 Å². The van der Waals surface area contributed by atoms with Gasteiger partial charge in [0.2, 0.25) is 0 Å². The van der Waals surface area contributed by atoms with Gasteiger partial charge in [-0.25, -0.2) is 4.79 Å².